The van der Waals surface area contributed by atoms with Gasteiger partial charge in [-0.1, -0.05) is 27.7 Å². The molecule has 14 nitrogen and oxygen atoms in total. The number of primary amides is 1. The number of hydrogen-bond donors (Lipinski definition) is 2. The maximum Gasteiger partial charge on any atom is 0.262 e. The fraction of sp³-hybridized carbons (Fsp3) is 0.426. The number of nitrogens with one attached hydrogen (secondary N) is 1. The van der Waals surface area contributed by atoms with Gasteiger partial charge in [0, 0.05) is 59.2 Å². The van der Waals surface area contributed by atoms with Crippen molar-refractivity contribution in [3.63, 3.8) is 0 Å². The van der Waals surface area contributed by atoms with Crippen molar-refractivity contribution in [1.29, 1.82) is 5.26 Å². The van der Waals surface area contributed by atoms with Gasteiger partial charge in [0.15, 0.2) is 0 Å². The first-order valence-corrected chi connectivity index (χ1v) is 20.8. The largest absolute Gasteiger partial charge is 0.494 e. The number of piperidine rings is 1. The molecule has 3 heterocycles. The van der Waals surface area contributed by atoms with E-state index in [0.717, 1.165) is 48.1 Å². The molecule has 61 heavy (non-hydrogen) atoms. The zero-order valence-electron chi connectivity index (χ0n) is 35.0. The number of hydrogen-bond acceptors (Lipinski definition) is 11. The fourth-order valence-electron chi connectivity index (χ4n) is 10.3. The summed E-state index contributed by atoms with van der Waals surface area (Å²) in [4.78, 5) is 70.7. The van der Waals surface area contributed by atoms with Crippen LogP contribution in [-0.2, 0) is 9.59 Å². The van der Waals surface area contributed by atoms with Crippen LogP contribution >= 0.6 is 0 Å². The Balaban J connectivity index is 0.820. The maximum absolute atomic E-state index is 13.2. The lowest BCUT2D eigenvalue weighted by atomic mass is 9.43. The van der Waals surface area contributed by atoms with Gasteiger partial charge in [-0.25, -0.2) is 0 Å². The summed E-state index contributed by atoms with van der Waals surface area (Å²) in [7, 11) is 2.10. The van der Waals surface area contributed by atoms with Crippen LogP contribution < -0.4 is 25.3 Å². The molecule has 3 N–H and O–H groups in total. The molecule has 3 aromatic carbocycles. The second kappa shape index (κ2) is 15.9. The number of carbonyl (C=O) groups excluding carboxylic acids is 5. The number of aromatic nitrogens is 1. The van der Waals surface area contributed by atoms with Crippen molar-refractivity contribution in [2.24, 2.45) is 16.6 Å². The molecule has 8 rings (SSSR count). The number of ether oxygens (including phenoxy) is 3. The summed E-state index contributed by atoms with van der Waals surface area (Å²) in [6, 6.07) is 19.2. The number of carbonyl (C=O) groups is 5. The SMILES string of the molecule is CN(CCCCOc1ccc(C(N)=O)c(C2C(C)(C)C(Oc3ccc(C#N)c4ncccc34)C2(C)C)c1)C1CC(Oc2ccc3c(c2)C(=O)N(C2CCC(=O)NC2=O)C3=O)C1. The number of nitrogens with zero attached hydrogens (tertiary/aromatic N) is 4. The highest BCUT2D eigenvalue weighted by atomic mass is 16.5. The highest BCUT2D eigenvalue weighted by molar-refractivity contribution is 6.23. The standard InChI is InChI=1S/C47H50N6O8/c1-46(2)40(47(3,4)45(46)61-37-16-10-26(25-48)39-33(37)9-8-18-50-39)34-23-28(11-13-31(34)41(49)55)59-20-7-6-19-52(5)27-21-30(22-27)60-29-12-14-32-35(24-29)44(58)53(43(32)57)36-15-17-38(54)51-42(36)56/h8-14,16,18,23-24,27,30,36,40,45H,6-7,15,17,19-22H2,1-5H3,(H2,49,55)(H,51,54,56). The molecular formula is C47H50N6O8. The van der Waals surface area contributed by atoms with E-state index in [1.807, 2.05) is 24.3 Å². The summed E-state index contributed by atoms with van der Waals surface area (Å²) < 4.78 is 19.2. The summed E-state index contributed by atoms with van der Waals surface area (Å²) in [5.74, 6) is -0.902. The third-order valence-corrected chi connectivity index (χ3v) is 13.1. The molecular weight excluding hydrogens is 777 g/mol. The number of benzene rings is 3. The Labute approximate surface area is 354 Å². The van der Waals surface area contributed by atoms with Crippen LogP contribution in [0.4, 0.5) is 0 Å². The molecule has 1 saturated heterocycles. The minimum Gasteiger partial charge on any atom is -0.494 e. The van der Waals surface area contributed by atoms with Crippen molar-refractivity contribution in [3.8, 4) is 23.3 Å². The molecule has 1 aromatic heterocycles. The van der Waals surface area contributed by atoms with Crippen molar-refractivity contribution in [3.05, 3.63) is 94.7 Å². The maximum atomic E-state index is 13.2. The van der Waals surface area contributed by atoms with E-state index in [1.165, 1.54) is 0 Å². The second-order valence-electron chi connectivity index (χ2n) is 17.9. The lowest BCUT2D eigenvalue weighted by Gasteiger charge is -2.63. The number of nitriles is 1. The molecule has 2 saturated carbocycles. The minimum absolute atomic E-state index is 0.0366. The van der Waals surface area contributed by atoms with Crippen molar-refractivity contribution in [1.82, 2.24) is 20.1 Å². The van der Waals surface area contributed by atoms with E-state index < -0.39 is 46.4 Å². The zero-order chi connectivity index (χ0) is 43.4. The van der Waals surface area contributed by atoms with Gasteiger partial charge in [-0.3, -0.25) is 39.2 Å². The van der Waals surface area contributed by atoms with Crippen LogP contribution in [0.15, 0.2) is 66.9 Å². The van der Waals surface area contributed by atoms with E-state index in [9.17, 15) is 29.2 Å². The molecule has 0 spiro atoms. The van der Waals surface area contributed by atoms with E-state index in [2.05, 4.69) is 56.0 Å². The Kier molecular flexibility index (Phi) is 10.8. The topological polar surface area (TPSA) is 194 Å². The molecule has 14 heteroatoms. The first-order chi connectivity index (χ1) is 29.1. The quantitative estimate of drug-likeness (QED) is 0.114. The van der Waals surface area contributed by atoms with Crippen molar-refractivity contribution >= 4 is 40.4 Å². The third-order valence-electron chi connectivity index (χ3n) is 13.1. The zero-order valence-corrected chi connectivity index (χ0v) is 35.0. The molecule has 0 bridgehead atoms. The van der Waals surface area contributed by atoms with Crippen LogP contribution in [0, 0.1) is 22.2 Å². The van der Waals surface area contributed by atoms with Gasteiger partial charge in [-0.2, -0.15) is 5.26 Å². The molecule has 2 aliphatic heterocycles. The van der Waals surface area contributed by atoms with Crippen molar-refractivity contribution < 1.29 is 38.2 Å². The molecule has 4 aliphatic rings. The van der Waals surface area contributed by atoms with E-state index in [-0.39, 0.29) is 42.1 Å². The highest BCUT2D eigenvalue weighted by Gasteiger charge is 2.64. The summed E-state index contributed by atoms with van der Waals surface area (Å²) >= 11 is 0. The Morgan fingerprint density at radius 3 is 2.41 bits per heavy atom. The lowest BCUT2D eigenvalue weighted by molar-refractivity contribution is -0.159. The Morgan fingerprint density at radius 1 is 0.951 bits per heavy atom. The minimum atomic E-state index is -1.01. The van der Waals surface area contributed by atoms with Crippen LogP contribution in [0.1, 0.15) is 114 Å². The van der Waals surface area contributed by atoms with Crippen LogP contribution in [0.3, 0.4) is 0 Å². The van der Waals surface area contributed by atoms with Gasteiger partial charge >= 0.3 is 0 Å². The molecule has 316 valence electrons. The van der Waals surface area contributed by atoms with E-state index in [0.29, 0.717) is 46.5 Å². The predicted octanol–water partition coefficient (Wildman–Crippen LogP) is 5.90. The second-order valence-corrected chi connectivity index (χ2v) is 17.9. The summed E-state index contributed by atoms with van der Waals surface area (Å²) in [5.41, 5.74) is 7.94. The average Bonchev–Trinajstić information content (AvgIpc) is 3.45. The summed E-state index contributed by atoms with van der Waals surface area (Å²) in [6.45, 7) is 9.93. The number of nitrogens with two attached hydrogens (primary N) is 1. The van der Waals surface area contributed by atoms with E-state index in [1.54, 1.807) is 42.6 Å². The van der Waals surface area contributed by atoms with Crippen LogP contribution in [-0.4, -0.2) is 88.8 Å². The third kappa shape index (κ3) is 7.45. The van der Waals surface area contributed by atoms with Crippen LogP contribution in [0.5, 0.6) is 17.2 Å². The lowest BCUT2D eigenvalue weighted by Crippen LogP contribution is -2.64. The molecule has 1 atom stereocenters. The van der Waals surface area contributed by atoms with Gasteiger partial charge in [0.1, 0.15) is 41.6 Å². The summed E-state index contributed by atoms with van der Waals surface area (Å²) in [5, 5.41) is 12.6. The Bertz CT molecular complexity index is 2490. The highest BCUT2D eigenvalue weighted by Crippen LogP contribution is 2.66. The van der Waals surface area contributed by atoms with E-state index in [4.69, 9.17) is 19.9 Å². The normalized spacial score (nSPS) is 23.8. The monoisotopic (exact) mass is 826 g/mol. The van der Waals surface area contributed by atoms with Crippen LogP contribution in [0.2, 0.25) is 0 Å². The van der Waals surface area contributed by atoms with Crippen molar-refractivity contribution in [2.45, 2.75) is 96.4 Å². The fourth-order valence-corrected chi connectivity index (χ4v) is 10.3. The number of fused-ring (bicyclic) bond motifs is 2. The summed E-state index contributed by atoms with van der Waals surface area (Å²) in [6.07, 6.45) is 4.94. The molecule has 4 aromatic rings. The van der Waals surface area contributed by atoms with Gasteiger partial charge in [0.05, 0.1) is 28.8 Å². The van der Waals surface area contributed by atoms with Gasteiger partial charge < -0.3 is 24.8 Å². The number of rotatable bonds is 14. The number of unbranched alkanes of at least 4 members (excludes halogenated alkanes) is 1. The number of pyridine rings is 1. The van der Waals surface area contributed by atoms with Gasteiger partial charge in [-0.15, -0.1) is 0 Å². The first kappa shape index (κ1) is 41.4. The first-order valence-electron chi connectivity index (χ1n) is 20.8. The number of amides is 5. The Hall–Kier alpha value is -6.33. The van der Waals surface area contributed by atoms with Gasteiger partial charge in [0.25, 0.3) is 11.8 Å². The van der Waals surface area contributed by atoms with Crippen molar-refractivity contribution in [2.75, 3.05) is 20.2 Å². The predicted molar refractivity (Wildman–Crippen MR) is 224 cm³/mol. The smallest absolute Gasteiger partial charge is 0.262 e. The van der Waals surface area contributed by atoms with Crippen LogP contribution in [0.25, 0.3) is 10.9 Å². The molecule has 2 aliphatic carbocycles. The average molecular weight is 827 g/mol. The Morgan fingerprint density at radius 2 is 1.69 bits per heavy atom. The van der Waals surface area contributed by atoms with Gasteiger partial charge in [0.2, 0.25) is 17.7 Å². The molecule has 3 fully saturated rings. The van der Waals surface area contributed by atoms with Gasteiger partial charge in [-0.05, 0) is 99.1 Å². The molecule has 0 radical (unpaired) electrons. The number of imide groups is 2. The van der Waals surface area contributed by atoms with E-state index >= 15 is 0 Å². The molecule has 1 unspecified atom stereocenters. The molecule has 5 amide bonds.